The molecule has 0 saturated heterocycles. The Labute approximate surface area is 155 Å². The Hall–Kier alpha value is -2.24. The van der Waals surface area contributed by atoms with Gasteiger partial charge in [-0.05, 0) is 42.3 Å². The van der Waals surface area contributed by atoms with Gasteiger partial charge in [0.05, 0.1) is 10.7 Å². The summed E-state index contributed by atoms with van der Waals surface area (Å²) >= 11 is 11.7. The van der Waals surface area contributed by atoms with Crippen LogP contribution in [0, 0.1) is 0 Å². The number of aryl methyl sites for hydroxylation is 1. The van der Waals surface area contributed by atoms with Crippen molar-refractivity contribution in [3.8, 4) is 5.75 Å². The van der Waals surface area contributed by atoms with Gasteiger partial charge in [-0.2, -0.15) is 0 Å². The molecule has 0 aliphatic heterocycles. The van der Waals surface area contributed by atoms with Crippen molar-refractivity contribution in [3.63, 3.8) is 0 Å². The van der Waals surface area contributed by atoms with Crippen molar-refractivity contribution in [2.45, 2.75) is 13.3 Å². The SMILES string of the molecule is CCc1ccc(OCC(=O)OCC(=O)Nc2ccc(Cl)cc2Cl)cc1. The van der Waals surface area contributed by atoms with E-state index >= 15 is 0 Å². The number of hydrogen-bond acceptors (Lipinski definition) is 4. The Morgan fingerprint density at radius 2 is 1.76 bits per heavy atom. The third kappa shape index (κ3) is 6.29. The molecule has 2 aromatic carbocycles. The maximum absolute atomic E-state index is 11.8. The third-order valence-electron chi connectivity index (χ3n) is 3.26. The number of amides is 1. The zero-order chi connectivity index (χ0) is 18.2. The highest BCUT2D eigenvalue weighted by Crippen LogP contribution is 2.25. The van der Waals surface area contributed by atoms with E-state index in [-0.39, 0.29) is 6.61 Å². The fourth-order valence-corrected chi connectivity index (χ4v) is 2.38. The molecule has 0 heterocycles. The minimum atomic E-state index is -0.642. The fourth-order valence-electron chi connectivity index (χ4n) is 1.93. The lowest BCUT2D eigenvalue weighted by Gasteiger charge is -2.09. The molecule has 5 nitrogen and oxygen atoms in total. The largest absolute Gasteiger partial charge is 0.482 e. The molecule has 0 bridgehead atoms. The highest BCUT2D eigenvalue weighted by atomic mass is 35.5. The van der Waals surface area contributed by atoms with Crippen molar-refractivity contribution in [1.82, 2.24) is 0 Å². The number of carbonyl (C=O) groups is 2. The third-order valence-corrected chi connectivity index (χ3v) is 3.81. The highest BCUT2D eigenvalue weighted by Gasteiger charge is 2.10. The molecule has 0 spiro atoms. The number of ether oxygens (including phenoxy) is 2. The van der Waals surface area contributed by atoms with Gasteiger partial charge in [0.2, 0.25) is 0 Å². The molecule has 7 heteroatoms. The van der Waals surface area contributed by atoms with Crippen LogP contribution in [0.15, 0.2) is 42.5 Å². The molecule has 1 N–H and O–H groups in total. The number of esters is 1. The fraction of sp³-hybridized carbons (Fsp3) is 0.222. The van der Waals surface area contributed by atoms with Crippen LogP contribution in [0.3, 0.4) is 0 Å². The van der Waals surface area contributed by atoms with Crippen molar-refractivity contribution in [2.75, 3.05) is 18.5 Å². The number of nitrogens with one attached hydrogen (secondary N) is 1. The van der Waals surface area contributed by atoms with E-state index in [1.165, 1.54) is 11.6 Å². The molecule has 132 valence electrons. The molecule has 2 aromatic rings. The zero-order valence-electron chi connectivity index (χ0n) is 13.6. The molecular formula is C18H17Cl2NO4. The molecule has 0 aliphatic rings. The van der Waals surface area contributed by atoms with Gasteiger partial charge in [-0.3, -0.25) is 4.79 Å². The first-order chi connectivity index (χ1) is 12.0. The maximum Gasteiger partial charge on any atom is 0.344 e. The summed E-state index contributed by atoms with van der Waals surface area (Å²) in [4.78, 5) is 23.4. The molecule has 2 rings (SSSR count). The number of benzene rings is 2. The van der Waals surface area contributed by atoms with Crippen LogP contribution in [-0.4, -0.2) is 25.1 Å². The second kappa shape index (κ2) is 9.30. The second-order valence-electron chi connectivity index (χ2n) is 5.12. The summed E-state index contributed by atoms with van der Waals surface area (Å²) in [5.41, 5.74) is 1.56. The second-order valence-corrected chi connectivity index (χ2v) is 5.96. The van der Waals surface area contributed by atoms with E-state index < -0.39 is 18.5 Å². The van der Waals surface area contributed by atoms with E-state index in [4.69, 9.17) is 32.7 Å². The number of rotatable bonds is 7. The Morgan fingerprint density at radius 3 is 2.40 bits per heavy atom. The van der Waals surface area contributed by atoms with Crippen LogP contribution in [0.4, 0.5) is 5.69 Å². The van der Waals surface area contributed by atoms with E-state index in [0.717, 1.165) is 6.42 Å². The van der Waals surface area contributed by atoms with Gasteiger partial charge in [-0.25, -0.2) is 4.79 Å². The monoisotopic (exact) mass is 381 g/mol. The van der Waals surface area contributed by atoms with Crippen molar-refractivity contribution in [2.24, 2.45) is 0 Å². The summed E-state index contributed by atoms with van der Waals surface area (Å²) in [6.07, 6.45) is 0.926. The van der Waals surface area contributed by atoms with Crippen LogP contribution < -0.4 is 10.1 Å². The number of carbonyl (C=O) groups excluding carboxylic acids is 2. The molecule has 0 atom stereocenters. The number of anilines is 1. The van der Waals surface area contributed by atoms with Crippen LogP contribution in [0.5, 0.6) is 5.75 Å². The van der Waals surface area contributed by atoms with Gasteiger partial charge >= 0.3 is 5.97 Å². The molecule has 0 aliphatic carbocycles. The summed E-state index contributed by atoms with van der Waals surface area (Å²) in [5, 5.41) is 3.29. The van der Waals surface area contributed by atoms with Gasteiger partial charge in [0, 0.05) is 5.02 Å². The van der Waals surface area contributed by atoms with Gasteiger partial charge in [0.1, 0.15) is 5.75 Å². The lowest BCUT2D eigenvalue weighted by atomic mass is 10.2. The van der Waals surface area contributed by atoms with Crippen LogP contribution in [-0.2, 0) is 20.7 Å². The summed E-state index contributed by atoms with van der Waals surface area (Å²) < 4.78 is 10.2. The van der Waals surface area contributed by atoms with Crippen molar-refractivity contribution in [1.29, 1.82) is 0 Å². The molecule has 0 aromatic heterocycles. The number of halogens is 2. The van der Waals surface area contributed by atoms with Gasteiger partial charge < -0.3 is 14.8 Å². The van der Waals surface area contributed by atoms with Gasteiger partial charge in [-0.1, -0.05) is 42.3 Å². The zero-order valence-corrected chi connectivity index (χ0v) is 15.1. The first-order valence-electron chi connectivity index (χ1n) is 7.60. The van der Waals surface area contributed by atoms with Crippen molar-refractivity contribution >= 4 is 40.8 Å². The van der Waals surface area contributed by atoms with E-state index in [1.54, 1.807) is 24.3 Å². The van der Waals surface area contributed by atoms with E-state index in [9.17, 15) is 9.59 Å². The van der Waals surface area contributed by atoms with E-state index in [2.05, 4.69) is 12.2 Å². The minimum Gasteiger partial charge on any atom is -0.482 e. The van der Waals surface area contributed by atoms with Crippen LogP contribution >= 0.6 is 23.2 Å². The summed E-state index contributed by atoms with van der Waals surface area (Å²) in [6.45, 7) is 1.34. The topological polar surface area (TPSA) is 64.6 Å². The normalized spacial score (nSPS) is 10.2. The maximum atomic E-state index is 11.8. The standard InChI is InChI=1S/C18H17Cl2NO4/c1-2-12-3-6-14(7-4-12)24-11-18(23)25-10-17(22)21-16-8-5-13(19)9-15(16)20/h3-9H,2,10-11H2,1H3,(H,21,22). The quantitative estimate of drug-likeness (QED) is 0.732. The average molecular weight is 382 g/mol. The van der Waals surface area contributed by atoms with Gasteiger partial charge in [0.15, 0.2) is 13.2 Å². The molecule has 0 unspecified atom stereocenters. The number of hydrogen-bond donors (Lipinski definition) is 1. The van der Waals surface area contributed by atoms with E-state index in [0.29, 0.717) is 21.5 Å². The molecule has 1 amide bonds. The van der Waals surface area contributed by atoms with Gasteiger partial charge in [-0.15, -0.1) is 0 Å². The summed E-state index contributed by atoms with van der Waals surface area (Å²) in [6, 6.07) is 12.1. The minimum absolute atomic E-state index is 0.277. The lowest BCUT2D eigenvalue weighted by molar-refractivity contribution is -0.149. The van der Waals surface area contributed by atoms with Crippen molar-refractivity contribution in [3.05, 3.63) is 58.1 Å². The molecule has 0 fully saturated rings. The van der Waals surface area contributed by atoms with E-state index in [1.807, 2.05) is 12.1 Å². The first kappa shape index (κ1) is 19.1. The van der Waals surface area contributed by atoms with Crippen LogP contribution in [0.1, 0.15) is 12.5 Å². The molecule has 0 saturated carbocycles. The molecule has 0 radical (unpaired) electrons. The Balaban J connectivity index is 1.74. The lowest BCUT2D eigenvalue weighted by Crippen LogP contribution is -2.23. The predicted octanol–water partition coefficient (Wildman–Crippen LogP) is 4.12. The smallest absolute Gasteiger partial charge is 0.344 e. The van der Waals surface area contributed by atoms with Crippen LogP contribution in [0.25, 0.3) is 0 Å². The highest BCUT2D eigenvalue weighted by molar-refractivity contribution is 6.36. The predicted molar refractivity (Wildman–Crippen MR) is 97.4 cm³/mol. The average Bonchev–Trinajstić information content (AvgIpc) is 2.61. The first-order valence-corrected chi connectivity index (χ1v) is 8.35. The molecule has 25 heavy (non-hydrogen) atoms. The van der Waals surface area contributed by atoms with Crippen LogP contribution in [0.2, 0.25) is 10.0 Å². The molecular weight excluding hydrogens is 365 g/mol. The summed E-state index contributed by atoms with van der Waals surface area (Å²) in [7, 11) is 0. The Morgan fingerprint density at radius 1 is 1.04 bits per heavy atom. The van der Waals surface area contributed by atoms with Gasteiger partial charge in [0.25, 0.3) is 5.91 Å². The summed E-state index contributed by atoms with van der Waals surface area (Å²) in [5.74, 6) is -0.590. The Kier molecular flexibility index (Phi) is 7.10. The Bertz CT molecular complexity index is 747. The van der Waals surface area contributed by atoms with Crippen molar-refractivity contribution < 1.29 is 19.1 Å².